The summed E-state index contributed by atoms with van der Waals surface area (Å²) in [5.41, 5.74) is 7.38. The normalized spacial score (nSPS) is 12.1. The molecule has 0 bridgehead atoms. The van der Waals surface area contributed by atoms with E-state index in [0.717, 1.165) is 16.1 Å². The highest BCUT2D eigenvalue weighted by Gasteiger charge is 2.17. The van der Waals surface area contributed by atoms with E-state index in [-0.39, 0.29) is 18.0 Å². The van der Waals surface area contributed by atoms with Crippen molar-refractivity contribution < 1.29 is 4.79 Å². The van der Waals surface area contributed by atoms with E-state index in [1.54, 1.807) is 11.8 Å². The van der Waals surface area contributed by atoms with Gasteiger partial charge in [0.05, 0.1) is 0 Å². The Labute approximate surface area is 129 Å². The highest BCUT2D eigenvalue weighted by atomic mass is 32.2. The number of rotatable bonds is 6. The molecule has 0 saturated heterocycles. The van der Waals surface area contributed by atoms with Crippen LogP contribution in [-0.4, -0.2) is 29.2 Å². The standard InChI is InChI=1S/C14H21N3OS2/c1-8(2)16-14(18)9(3)17-10-6-5-7-11(20-4)12(10)13(15)19/h5-9,17H,1-4H3,(H2,15,19)(H,16,18). The van der Waals surface area contributed by atoms with E-state index in [1.165, 1.54) is 0 Å². The number of nitrogens with two attached hydrogens (primary N) is 1. The average molecular weight is 311 g/mol. The minimum Gasteiger partial charge on any atom is -0.389 e. The molecule has 6 heteroatoms. The predicted octanol–water partition coefficient (Wildman–Crippen LogP) is 2.37. The van der Waals surface area contributed by atoms with E-state index < -0.39 is 0 Å². The van der Waals surface area contributed by atoms with Crippen molar-refractivity contribution in [3.8, 4) is 0 Å². The number of thioether (sulfide) groups is 1. The van der Waals surface area contributed by atoms with Crippen LogP contribution in [-0.2, 0) is 4.79 Å². The Morgan fingerprint density at radius 2 is 2.00 bits per heavy atom. The number of benzene rings is 1. The third kappa shape index (κ3) is 4.38. The van der Waals surface area contributed by atoms with E-state index in [2.05, 4.69) is 10.6 Å². The van der Waals surface area contributed by atoms with E-state index >= 15 is 0 Å². The van der Waals surface area contributed by atoms with Crippen LogP contribution in [0.1, 0.15) is 26.3 Å². The van der Waals surface area contributed by atoms with Gasteiger partial charge in [0, 0.05) is 22.2 Å². The van der Waals surface area contributed by atoms with Gasteiger partial charge in [0.15, 0.2) is 0 Å². The van der Waals surface area contributed by atoms with Crippen LogP contribution in [0, 0.1) is 0 Å². The molecule has 4 nitrogen and oxygen atoms in total. The van der Waals surface area contributed by atoms with Crippen molar-refractivity contribution >= 4 is 40.6 Å². The molecule has 1 unspecified atom stereocenters. The van der Waals surface area contributed by atoms with Gasteiger partial charge in [-0.2, -0.15) is 0 Å². The molecule has 1 amide bonds. The number of amides is 1. The second kappa shape index (κ2) is 7.50. The molecule has 1 aromatic carbocycles. The molecule has 0 fully saturated rings. The molecule has 1 atom stereocenters. The molecule has 0 aliphatic carbocycles. The van der Waals surface area contributed by atoms with Crippen LogP contribution in [0.2, 0.25) is 0 Å². The minimum atomic E-state index is -0.359. The van der Waals surface area contributed by atoms with E-state index in [9.17, 15) is 4.79 Å². The van der Waals surface area contributed by atoms with Gasteiger partial charge in [0.2, 0.25) is 5.91 Å². The first kappa shape index (κ1) is 16.8. The van der Waals surface area contributed by atoms with Gasteiger partial charge in [0.25, 0.3) is 0 Å². The SMILES string of the molecule is CSc1cccc(NC(C)C(=O)NC(C)C)c1C(N)=S. The monoisotopic (exact) mass is 311 g/mol. The molecule has 0 saturated carbocycles. The summed E-state index contributed by atoms with van der Waals surface area (Å²) < 4.78 is 0. The fourth-order valence-corrected chi connectivity index (χ4v) is 2.71. The van der Waals surface area contributed by atoms with Crippen LogP contribution in [0.15, 0.2) is 23.1 Å². The Kier molecular flexibility index (Phi) is 6.29. The first-order chi connectivity index (χ1) is 9.36. The Bertz CT molecular complexity index is 503. The van der Waals surface area contributed by atoms with Crippen molar-refractivity contribution in [2.24, 2.45) is 5.73 Å². The molecule has 1 aromatic rings. The Hall–Kier alpha value is -1.27. The molecule has 0 aliphatic rings. The van der Waals surface area contributed by atoms with Gasteiger partial charge in [-0.05, 0) is 39.2 Å². The van der Waals surface area contributed by atoms with Gasteiger partial charge in [-0.1, -0.05) is 18.3 Å². The lowest BCUT2D eigenvalue weighted by Gasteiger charge is -2.20. The molecule has 4 N–H and O–H groups in total. The number of hydrogen-bond donors (Lipinski definition) is 3. The minimum absolute atomic E-state index is 0.0524. The molecule has 0 aliphatic heterocycles. The Balaban J connectivity index is 2.97. The average Bonchev–Trinajstić information content (AvgIpc) is 2.37. The molecule has 0 heterocycles. The highest BCUT2D eigenvalue weighted by molar-refractivity contribution is 7.98. The number of anilines is 1. The van der Waals surface area contributed by atoms with Gasteiger partial charge < -0.3 is 16.4 Å². The lowest BCUT2D eigenvalue weighted by atomic mass is 10.1. The third-order valence-corrected chi connectivity index (χ3v) is 3.67. The lowest BCUT2D eigenvalue weighted by molar-refractivity contribution is -0.122. The molecule has 1 rings (SSSR count). The smallest absolute Gasteiger partial charge is 0.242 e. The zero-order valence-corrected chi connectivity index (χ0v) is 13.8. The number of nitrogens with one attached hydrogen (secondary N) is 2. The maximum absolute atomic E-state index is 12.0. The van der Waals surface area contributed by atoms with E-state index in [4.69, 9.17) is 18.0 Å². The predicted molar refractivity (Wildman–Crippen MR) is 90.5 cm³/mol. The summed E-state index contributed by atoms with van der Waals surface area (Å²) in [6.07, 6.45) is 1.97. The van der Waals surface area contributed by atoms with Crippen molar-refractivity contribution in [1.82, 2.24) is 5.32 Å². The summed E-state index contributed by atoms with van der Waals surface area (Å²) in [7, 11) is 0. The second-order valence-electron chi connectivity index (χ2n) is 4.78. The van der Waals surface area contributed by atoms with Gasteiger partial charge in [0.1, 0.15) is 11.0 Å². The van der Waals surface area contributed by atoms with Gasteiger partial charge in [-0.3, -0.25) is 4.79 Å². The topological polar surface area (TPSA) is 67.2 Å². The van der Waals surface area contributed by atoms with Crippen LogP contribution >= 0.6 is 24.0 Å². The van der Waals surface area contributed by atoms with Gasteiger partial charge in [-0.25, -0.2) is 0 Å². The number of hydrogen-bond acceptors (Lipinski definition) is 4. The zero-order valence-electron chi connectivity index (χ0n) is 12.2. The fourth-order valence-electron chi connectivity index (χ4n) is 1.78. The first-order valence-corrected chi connectivity index (χ1v) is 8.03. The molecule has 110 valence electrons. The quantitative estimate of drug-likeness (QED) is 0.556. The zero-order chi connectivity index (χ0) is 15.3. The summed E-state index contributed by atoms with van der Waals surface area (Å²) in [4.78, 5) is 13.3. The highest BCUT2D eigenvalue weighted by Crippen LogP contribution is 2.27. The van der Waals surface area contributed by atoms with Crippen molar-refractivity contribution in [2.75, 3.05) is 11.6 Å². The van der Waals surface area contributed by atoms with Crippen LogP contribution in [0.4, 0.5) is 5.69 Å². The summed E-state index contributed by atoms with van der Waals surface area (Å²) in [6, 6.07) is 5.52. The number of thiocarbonyl (C=S) groups is 1. The molecule has 0 spiro atoms. The van der Waals surface area contributed by atoms with Crippen molar-refractivity contribution in [2.45, 2.75) is 37.8 Å². The van der Waals surface area contributed by atoms with Crippen molar-refractivity contribution in [3.05, 3.63) is 23.8 Å². The maximum Gasteiger partial charge on any atom is 0.242 e. The lowest BCUT2D eigenvalue weighted by Crippen LogP contribution is -2.41. The summed E-state index contributed by atoms with van der Waals surface area (Å²) in [6.45, 7) is 5.67. The fraction of sp³-hybridized carbons (Fsp3) is 0.429. The molecule has 0 radical (unpaired) electrons. The molecule has 20 heavy (non-hydrogen) atoms. The van der Waals surface area contributed by atoms with Gasteiger partial charge in [-0.15, -0.1) is 11.8 Å². The van der Waals surface area contributed by atoms with Crippen LogP contribution in [0.5, 0.6) is 0 Å². The Morgan fingerprint density at radius 1 is 1.35 bits per heavy atom. The first-order valence-electron chi connectivity index (χ1n) is 6.40. The maximum atomic E-state index is 12.0. The van der Waals surface area contributed by atoms with Gasteiger partial charge >= 0.3 is 0 Å². The number of carbonyl (C=O) groups excluding carboxylic acids is 1. The Morgan fingerprint density at radius 3 is 2.50 bits per heavy atom. The van der Waals surface area contributed by atoms with Crippen LogP contribution < -0.4 is 16.4 Å². The molecular formula is C14H21N3OS2. The largest absolute Gasteiger partial charge is 0.389 e. The van der Waals surface area contributed by atoms with E-state index in [1.807, 2.05) is 45.2 Å². The van der Waals surface area contributed by atoms with Crippen LogP contribution in [0.25, 0.3) is 0 Å². The molecule has 0 aromatic heterocycles. The van der Waals surface area contributed by atoms with E-state index in [0.29, 0.717) is 4.99 Å². The second-order valence-corrected chi connectivity index (χ2v) is 6.06. The van der Waals surface area contributed by atoms with Crippen molar-refractivity contribution in [1.29, 1.82) is 0 Å². The number of carbonyl (C=O) groups is 1. The third-order valence-electron chi connectivity index (χ3n) is 2.69. The summed E-state index contributed by atoms with van der Waals surface area (Å²) in [5.74, 6) is -0.0524. The summed E-state index contributed by atoms with van der Waals surface area (Å²) >= 11 is 6.69. The van der Waals surface area contributed by atoms with Crippen molar-refractivity contribution in [3.63, 3.8) is 0 Å². The molecular weight excluding hydrogens is 290 g/mol. The van der Waals surface area contributed by atoms with Crippen LogP contribution in [0.3, 0.4) is 0 Å². The summed E-state index contributed by atoms with van der Waals surface area (Å²) in [5, 5.41) is 6.05.